The maximum Gasteiger partial charge on any atom is 0.311 e. The SMILES string of the molecule is CN(C(=O)c1ccc(Cl)cc1F)C1COCC1C(=O)O. The molecule has 0 saturated carbocycles. The second-order valence-corrected chi connectivity index (χ2v) is 5.03. The molecule has 2 rings (SSSR count). The van der Waals surface area contributed by atoms with Crippen molar-refractivity contribution in [2.75, 3.05) is 20.3 Å². The van der Waals surface area contributed by atoms with Crippen molar-refractivity contribution in [1.82, 2.24) is 4.90 Å². The number of carbonyl (C=O) groups is 2. The van der Waals surface area contributed by atoms with Gasteiger partial charge in [-0.3, -0.25) is 9.59 Å². The van der Waals surface area contributed by atoms with Crippen molar-refractivity contribution in [3.63, 3.8) is 0 Å². The molecule has 20 heavy (non-hydrogen) atoms. The zero-order valence-corrected chi connectivity index (χ0v) is 11.4. The van der Waals surface area contributed by atoms with Crippen LogP contribution in [-0.4, -0.2) is 48.2 Å². The average Bonchev–Trinajstić information content (AvgIpc) is 2.86. The van der Waals surface area contributed by atoms with Crippen LogP contribution in [0.4, 0.5) is 4.39 Å². The number of hydrogen-bond acceptors (Lipinski definition) is 3. The standard InChI is InChI=1S/C13H13ClFNO4/c1-16(11-6-20-5-9(11)13(18)19)12(17)8-3-2-7(14)4-10(8)15/h2-4,9,11H,5-6H2,1H3,(H,18,19). The maximum absolute atomic E-state index is 13.7. The molecule has 0 radical (unpaired) electrons. The Morgan fingerprint density at radius 3 is 2.75 bits per heavy atom. The second-order valence-electron chi connectivity index (χ2n) is 4.59. The van der Waals surface area contributed by atoms with Crippen LogP contribution >= 0.6 is 11.6 Å². The number of likely N-dealkylation sites (N-methyl/N-ethyl adjacent to an activating group) is 1. The fourth-order valence-corrected chi connectivity index (χ4v) is 2.32. The fourth-order valence-electron chi connectivity index (χ4n) is 2.16. The third-order valence-corrected chi connectivity index (χ3v) is 3.58. The monoisotopic (exact) mass is 301 g/mol. The minimum Gasteiger partial charge on any atom is -0.481 e. The van der Waals surface area contributed by atoms with Crippen LogP contribution in [-0.2, 0) is 9.53 Å². The predicted octanol–water partition coefficient (Wildman–Crippen LogP) is 1.65. The number of nitrogens with zero attached hydrogens (tertiary/aromatic N) is 1. The van der Waals surface area contributed by atoms with Crippen molar-refractivity contribution in [1.29, 1.82) is 0 Å². The lowest BCUT2D eigenvalue weighted by Crippen LogP contribution is -2.44. The molecule has 1 saturated heterocycles. The van der Waals surface area contributed by atoms with Crippen molar-refractivity contribution in [2.24, 2.45) is 5.92 Å². The number of rotatable bonds is 3. The summed E-state index contributed by atoms with van der Waals surface area (Å²) in [5.74, 6) is -3.18. The van der Waals surface area contributed by atoms with E-state index in [2.05, 4.69) is 0 Å². The first-order valence-corrected chi connectivity index (χ1v) is 6.32. The predicted molar refractivity (Wildman–Crippen MR) is 69.2 cm³/mol. The van der Waals surface area contributed by atoms with E-state index in [9.17, 15) is 14.0 Å². The molecule has 1 amide bonds. The van der Waals surface area contributed by atoms with Gasteiger partial charge < -0.3 is 14.7 Å². The first-order chi connectivity index (χ1) is 9.41. The molecule has 1 aliphatic rings. The van der Waals surface area contributed by atoms with Crippen molar-refractivity contribution in [3.05, 3.63) is 34.6 Å². The van der Waals surface area contributed by atoms with Gasteiger partial charge in [0.2, 0.25) is 0 Å². The summed E-state index contributed by atoms with van der Waals surface area (Å²) in [5, 5.41) is 9.26. The first kappa shape index (κ1) is 14.7. The van der Waals surface area contributed by atoms with Crippen molar-refractivity contribution < 1.29 is 23.8 Å². The van der Waals surface area contributed by atoms with Crippen LogP contribution < -0.4 is 0 Å². The van der Waals surface area contributed by atoms with Crippen LogP contribution in [0.15, 0.2) is 18.2 Å². The average molecular weight is 302 g/mol. The van der Waals surface area contributed by atoms with Crippen LogP contribution in [0, 0.1) is 11.7 Å². The maximum atomic E-state index is 13.7. The normalized spacial score (nSPS) is 21.8. The molecule has 0 aromatic heterocycles. The van der Waals surface area contributed by atoms with Crippen LogP contribution in [0.1, 0.15) is 10.4 Å². The molecule has 0 bridgehead atoms. The van der Waals surface area contributed by atoms with Crippen LogP contribution in [0.25, 0.3) is 0 Å². The molecule has 1 N–H and O–H groups in total. The van der Waals surface area contributed by atoms with E-state index in [1.54, 1.807) is 0 Å². The molecule has 2 unspecified atom stereocenters. The number of aliphatic carboxylic acids is 1. The summed E-state index contributed by atoms with van der Waals surface area (Å²) in [5.41, 5.74) is -0.145. The highest BCUT2D eigenvalue weighted by Gasteiger charge is 2.39. The van der Waals surface area contributed by atoms with Gasteiger partial charge in [0.25, 0.3) is 5.91 Å². The number of halogens is 2. The number of benzene rings is 1. The quantitative estimate of drug-likeness (QED) is 0.922. The Balaban J connectivity index is 2.22. The van der Waals surface area contributed by atoms with E-state index in [0.717, 1.165) is 6.07 Å². The highest BCUT2D eigenvalue weighted by molar-refractivity contribution is 6.30. The summed E-state index contributed by atoms with van der Waals surface area (Å²) in [7, 11) is 1.44. The molecule has 1 fully saturated rings. The Labute approximate surface area is 119 Å². The van der Waals surface area contributed by atoms with Gasteiger partial charge in [0.15, 0.2) is 0 Å². The topological polar surface area (TPSA) is 66.8 Å². The zero-order chi connectivity index (χ0) is 14.9. The van der Waals surface area contributed by atoms with Gasteiger partial charge in [-0.1, -0.05) is 11.6 Å². The van der Waals surface area contributed by atoms with E-state index in [1.165, 1.54) is 24.1 Å². The van der Waals surface area contributed by atoms with Gasteiger partial charge in [0.1, 0.15) is 11.7 Å². The molecular weight excluding hydrogens is 289 g/mol. The number of ether oxygens (including phenoxy) is 1. The Kier molecular flexibility index (Phi) is 4.25. The van der Waals surface area contributed by atoms with Gasteiger partial charge in [-0.2, -0.15) is 0 Å². The highest BCUT2D eigenvalue weighted by atomic mass is 35.5. The molecule has 7 heteroatoms. The van der Waals surface area contributed by atoms with Gasteiger partial charge in [0, 0.05) is 12.1 Å². The largest absolute Gasteiger partial charge is 0.481 e. The Morgan fingerprint density at radius 2 is 2.15 bits per heavy atom. The molecule has 2 atom stereocenters. The van der Waals surface area contributed by atoms with Crippen LogP contribution in [0.5, 0.6) is 0 Å². The van der Waals surface area contributed by atoms with Crippen molar-refractivity contribution in [3.8, 4) is 0 Å². The summed E-state index contributed by atoms with van der Waals surface area (Å²) in [6.07, 6.45) is 0. The minimum atomic E-state index is -1.04. The summed E-state index contributed by atoms with van der Waals surface area (Å²) in [6.45, 7) is 0.162. The molecule has 5 nitrogen and oxygen atoms in total. The summed E-state index contributed by atoms with van der Waals surface area (Å²) in [6, 6.07) is 3.12. The molecule has 0 spiro atoms. The molecule has 1 aromatic rings. The van der Waals surface area contributed by atoms with Crippen molar-refractivity contribution >= 4 is 23.5 Å². The number of carboxylic acids is 1. The number of amides is 1. The molecule has 1 aliphatic heterocycles. The van der Waals surface area contributed by atoms with Crippen LogP contribution in [0.2, 0.25) is 5.02 Å². The van der Waals surface area contributed by atoms with E-state index in [-0.39, 0.29) is 23.8 Å². The molecule has 1 heterocycles. The Hall–Kier alpha value is -1.66. The lowest BCUT2D eigenvalue weighted by molar-refractivity contribution is -0.142. The zero-order valence-electron chi connectivity index (χ0n) is 10.7. The number of carbonyl (C=O) groups excluding carboxylic acids is 1. The van der Waals surface area contributed by atoms with Gasteiger partial charge in [-0.05, 0) is 18.2 Å². The summed E-state index contributed by atoms with van der Waals surface area (Å²) < 4.78 is 18.8. The second kappa shape index (κ2) is 5.76. The van der Waals surface area contributed by atoms with E-state index >= 15 is 0 Å². The summed E-state index contributed by atoms with van der Waals surface area (Å²) >= 11 is 5.63. The van der Waals surface area contributed by atoms with Crippen molar-refractivity contribution in [2.45, 2.75) is 6.04 Å². The molecule has 0 aliphatic carbocycles. The Morgan fingerprint density at radius 1 is 1.45 bits per heavy atom. The lowest BCUT2D eigenvalue weighted by atomic mass is 10.0. The number of hydrogen-bond donors (Lipinski definition) is 1. The van der Waals surface area contributed by atoms with Crippen LogP contribution in [0.3, 0.4) is 0 Å². The van der Waals surface area contributed by atoms with E-state index < -0.39 is 29.7 Å². The molecule has 1 aromatic carbocycles. The molecular formula is C13H13ClFNO4. The van der Waals surface area contributed by atoms with Gasteiger partial charge in [-0.15, -0.1) is 0 Å². The Bertz CT molecular complexity index is 551. The first-order valence-electron chi connectivity index (χ1n) is 5.94. The minimum absolute atomic E-state index is 0.0424. The third-order valence-electron chi connectivity index (χ3n) is 3.35. The van der Waals surface area contributed by atoms with Gasteiger partial charge >= 0.3 is 5.97 Å². The smallest absolute Gasteiger partial charge is 0.311 e. The van der Waals surface area contributed by atoms with Gasteiger partial charge in [-0.25, -0.2) is 4.39 Å². The number of carboxylic acid groups (broad SMARTS) is 1. The van der Waals surface area contributed by atoms with E-state index in [4.69, 9.17) is 21.4 Å². The summed E-state index contributed by atoms with van der Waals surface area (Å²) in [4.78, 5) is 24.5. The lowest BCUT2D eigenvalue weighted by Gasteiger charge is -2.26. The highest BCUT2D eigenvalue weighted by Crippen LogP contribution is 2.22. The van der Waals surface area contributed by atoms with E-state index in [0.29, 0.717) is 0 Å². The van der Waals surface area contributed by atoms with E-state index in [1.807, 2.05) is 0 Å². The third kappa shape index (κ3) is 2.76. The van der Waals surface area contributed by atoms with Gasteiger partial charge in [0.05, 0.1) is 24.8 Å². The fraction of sp³-hybridized carbons (Fsp3) is 0.385. The molecule has 108 valence electrons.